The van der Waals surface area contributed by atoms with Gasteiger partial charge in [0.1, 0.15) is 18.5 Å². The van der Waals surface area contributed by atoms with Crippen molar-refractivity contribution >= 4 is 17.5 Å². The Balaban J connectivity index is 1.73. The van der Waals surface area contributed by atoms with Gasteiger partial charge in [-0.2, -0.15) is 0 Å². The molecule has 0 saturated carbocycles. The minimum Gasteiger partial charge on any atom is -0.383 e. The molecule has 118 valence electrons. The molecule has 1 atom stereocenters. The molecule has 22 heavy (non-hydrogen) atoms. The lowest BCUT2D eigenvalue weighted by molar-refractivity contribution is -0.142. The zero-order valence-corrected chi connectivity index (χ0v) is 12.3. The van der Waals surface area contributed by atoms with Crippen LogP contribution in [0.3, 0.4) is 0 Å². The van der Waals surface area contributed by atoms with E-state index in [9.17, 15) is 19.1 Å². The number of carbonyl (C=O) groups is 2. The first kappa shape index (κ1) is 15.0. The van der Waals surface area contributed by atoms with Gasteiger partial charge in [0.15, 0.2) is 0 Å². The zero-order valence-electron chi connectivity index (χ0n) is 12.3. The summed E-state index contributed by atoms with van der Waals surface area (Å²) in [4.78, 5) is 27.5. The number of amides is 2. The Labute approximate surface area is 128 Å². The Morgan fingerprint density at radius 1 is 1.32 bits per heavy atom. The molecule has 0 aromatic heterocycles. The van der Waals surface area contributed by atoms with Crippen molar-refractivity contribution in [1.82, 2.24) is 4.90 Å². The second kappa shape index (κ2) is 6.04. The molecule has 1 unspecified atom stereocenters. The summed E-state index contributed by atoms with van der Waals surface area (Å²) in [6.07, 6.45) is 1.47. The van der Waals surface area contributed by atoms with Gasteiger partial charge >= 0.3 is 0 Å². The first-order valence-electron chi connectivity index (χ1n) is 7.62. The summed E-state index contributed by atoms with van der Waals surface area (Å²) in [5.41, 5.74) is 1.14. The van der Waals surface area contributed by atoms with E-state index in [1.54, 1.807) is 12.1 Å². The average Bonchev–Trinajstić information content (AvgIpc) is 2.88. The Hall–Kier alpha value is -1.95. The molecule has 2 amide bonds. The average molecular weight is 306 g/mol. The van der Waals surface area contributed by atoms with Crippen molar-refractivity contribution in [2.24, 2.45) is 0 Å². The minimum absolute atomic E-state index is 0.0636. The topological polar surface area (TPSA) is 60.9 Å². The van der Waals surface area contributed by atoms with E-state index in [4.69, 9.17) is 0 Å². The molecule has 1 saturated heterocycles. The van der Waals surface area contributed by atoms with Crippen LogP contribution in [0, 0.1) is 5.82 Å². The minimum atomic E-state index is -1.02. The number of likely N-dealkylation sites (tertiary alicyclic amines) is 1. The molecule has 0 radical (unpaired) electrons. The van der Waals surface area contributed by atoms with Crippen LogP contribution >= 0.6 is 0 Å². The fourth-order valence-electron chi connectivity index (χ4n) is 3.14. The summed E-state index contributed by atoms with van der Waals surface area (Å²) in [6.45, 7) is 0.844. The van der Waals surface area contributed by atoms with Crippen LogP contribution in [0.15, 0.2) is 18.2 Å². The number of aliphatic hydroxyl groups is 1. The molecular weight excluding hydrogens is 287 g/mol. The van der Waals surface area contributed by atoms with Crippen molar-refractivity contribution in [3.05, 3.63) is 29.6 Å². The molecule has 0 aliphatic carbocycles. The number of benzene rings is 1. The molecule has 1 aromatic carbocycles. The second-order valence-electron chi connectivity index (χ2n) is 5.80. The lowest BCUT2D eigenvalue weighted by Gasteiger charge is -2.25. The van der Waals surface area contributed by atoms with E-state index >= 15 is 0 Å². The maximum Gasteiger partial charge on any atom is 0.251 e. The number of hydrogen-bond donors (Lipinski definition) is 1. The number of rotatable bonds is 2. The second-order valence-corrected chi connectivity index (χ2v) is 5.80. The zero-order chi connectivity index (χ0) is 15.7. The maximum absolute atomic E-state index is 13.7. The van der Waals surface area contributed by atoms with E-state index in [1.807, 2.05) is 0 Å². The monoisotopic (exact) mass is 306 g/mol. The van der Waals surface area contributed by atoms with Crippen LogP contribution in [0.5, 0.6) is 0 Å². The highest BCUT2D eigenvalue weighted by atomic mass is 19.1. The van der Waals surface area contributed by atoms with E-state index in [1.165, 1.54) is 15.9 Å². The van der Waals surface area contributed by atoms with Gasteiger partial charge < -0.3 is 14.9 Å². The van der Waals surface area contributed by atoms with Crippen molar-refractivity contribution in [2.45, 2.75) is 31.8 Å². The number of fused-ring (bicyclic) bond motifs is 1. The smallest absolute Gasteiger partial charge is 0.251 e. The van der Waals surface area contributed by atoms with Gasteiger partial charge in [0.25, 0.3) is 5.91 Å². The van der Waals surface area contributed by atoms with E-state index in [-0.39, 0.29) is 24.2 Å². The van der Waals surface area contributed by atoms with Crippen LogP contribution in [0.25, 0.3) is 0 Å². The first-order valence-corrected chi connectivity index (χ1v) is 7.62. The van der Waals surface area contributed by atoms with Gasteiger partial charge in [0.2, 0.25) is 5.91 Å². The number of hydrogen-bond acceptors (Lipinski definition) is 3. The molecule has 2 aliphatic rings. The molecular formula is C16H19FN2O3. The molecule has 6 heteroatoms. The standard InChI is InChI=1S/C16H19FN2O3/c17-12-4-3-5-13-11(12)7-9-19(13)15(21)10-18-8-2-1-6-14(20)16(18)22/h3-5,14,20H,1-2,6-10H2. The normalized spacial score (nSPS) is 21.7. The van der Waals surface area contributed by atoms with Crippen LogP contribution in [0.2, 0.25) is 0 Å². The van der Waals surface area contributed by atoms with Crippen LogP contribution in [-0.4, -0.2) is 47.6 Å². The highest BCUT2D eigenvalue weighted by molar-refractivity contribution is 5.98. The molecule has 1 N–H and O–H groups in total. The molecule has 2 heterocycles. The summed E-state index contributed by atoms with van der Waals surface area (Å²) in [7, 11) is 0. The Bertz CT molecular complexity index is 605. The number of carbonyl (C=O) groups excluding carboxylic acids is 2. The maximum atomic E-state index is 13.7. The molecule has 1 aromatic rings. The molecule has 2 aliphatic heterocycles. The fraction of sp³-hybridized carbons (Fsp3) is 0.500. The molecule has 0 spiro atoms. The van der Waals surface area contributed by atoms with E-state index in [0.29, 0.717) is 37.2 Å². The van der Waals surface area contributed by atoms with Crippen LogP contribution < -0.4 is 4.90 Å². The SMILES string of the molecule is O=C1C(O)CCCCN1CC(=O)N1CCc2c(F)cccc21. The van der Waals surface area contributed by atoms with E-state index in [0.717, 1.165) is 12.8 Å². The van der Waals surface area contributed by atoms with Gasteiger partial charge in [0.05, 0.1) is 0 Å². The highest BCUT2D eigenvalue weighted by Gasteiger charge is 2.31. The van der Waals surface area contributed by atoms with Gasteiger partial charge in [0, 0.05) is 24.3 Å². The summed E-state index contributed by atoms with van der Waals surface area (Å²) < 4.78 is 13.7. The van der Waals surface area contributed by atoms with Crippen molar-refractivity contribution < 1.29 is 19.1 Å². The lowest BCUT2D eigenvalue weighted by Crippen LogP contribution is -2.45. The summed E-state index contributed by atoms with van der Waals surface area (Å²) in [5, 5.41) is 9.73. The van der Waals surface area contributed by atoms with Crippen molar-refractivity contribution in [2.75, 3.05) is 24.5 Å². The predicted octanol–water partition coefficient (Wildman–Crippen LogP) is 1.09. The van der Waals surface area contributed by atoms with Crippen molar-refractivity contribution in [1.29, 1.82) is 0 Å². The van der Waals surface area contributed by atoms with Gasteiger partial charge in [-0.05, 0) is 37.8 Å². The molecule has 1 fully saturated rings. The number of halogens is 1. The Kier molecular flexibility index (Phi) is 4.11. The Morgan fingerprint density at radius 2 is 2.14 bits per heavy atom. The van der Waals surface area contributed by atoms with E-state index < -0.39 is 6.10 Å². The molecule has 5 nitrogen and oxygen atoms in total. The third-order valence-corrected chi connectivity index (χ3v) is 4.35. The predicted molar refractivity (Wildman–Crippen MR) is 78.9 cm³/mol. The number of anilines is 1. The van der Waals surface area contributed by atoms with Gasteiger partial charge in [-0.15, -0.1) is 0 Å². The van der Waals surface area contributed by atoms with Gasteiger partial charge in [-0.25, -0.2) is 4.39 Å². The largest absolute Gasteiger partial charge is 0.383 e. The first-order chi connectivity index (χ1) is 10.6. The Morgan fingerprint density at radius 3 is 2.95 bits per heavy atom. The van der Waals surface area contributed by atoms with Crippen molar-refractivity contribution in [3.8, 4) is 0 Å². The van der Waals surface area contributed by atoms with Crippen LogP contribution in [0.4, 0.5) is 10.1 Å². The van der Waals surface area contributed by atoms with E-state index in [2.05, 4.69) is 0 Å². The van der Waals surface area contributed by atoms with Gasteiger partial charge in [-0.3, -0.25) is 9.59 Å². The van der Waals surface area contributed by atoms with Gasteiger partial charge in [-0.1, -0.05) is 6.07 Å². The third kappa shape index (κ3) is 2.70. The lowest BCUT2D eigenvalue weighted by atomic mass is 10.1. The fourth-order valence-corrected chi connectivity index (χ4v) is 3.14. The van der Waals surface area contributed by atoms with Crippen molar-refractivity contribution in [3.63, 3.8) is 0 Å². The third-order valence-electron chi connectivity index (χ3n) is 4.35. The number of nitrogens with zero attached hydrogens (tertiary/aromatic N) is 2. The number of aliphatic hydroxyl groups excluding tert-OH is 1. The highest BCUT2D eigenvalue weighted by Crippen LogP contribution is 2.30. The summed E-state index contributed by atoms with van der Waals surface area (Å²) in [6, 6.07) is 4.70. The quantitative estimate of drug-likeness (QED) is 0.890. The summed E-state index contributed by atoms with van der Waals surface area (Å²) in [5.74, 6) is -0.912. The molecule has 3 rings (SSSR count). The molecule has 0 bridgehead atoms. The van der Waals surface area contributed by atoms with Crippen LogP contribution in [0.1, 0.15) is 24.8 Å². The van der Waals surface area contributed by atoms with Crippen LogP contribution in [-0.2, 0) is 16.0 Å². The summed E-state index contributed by atoms with van der Waals surface area (Å²) >= 11 is 0.